The Balaban J connectivity index is 1.54. The highest BCUT2D eigenvalue weighted by molar-refractivity contribution is 6.31. The second kappa shape index (κ2) is 7.79. The number of fused-ring (bicyclic) bond motifs is 1. The molecule has 148 valence electrons. The Bertz CT molecular complexity index is 1190. The Hall–Kier alpha value is -2.99. The monoisotopic (exact) mass is 410 g/mol. The summed E-state index contributed by atoms with van der Waals surface area (Å²) in [5.74, 6) is -0.359. The molecule has 0 unspecified atom stereocenters. The van der Waals surface area contributed by atoms with Gasteiger partial charge in [0.25, 0.3) is 0 Å². The minimum atomic E-state index is -0.281. The molecule has 0 saturated carbocycles. The molecule has 0 spiro atoms. The van der Waals surface area contributed by atoms with Gasteiger partial charge in [-0.05, 0) is 49.6 Å². The molecule has 0 aliphatic rings. The first-order valence-corrected chi connectivity index (χ1v) is 9.74. The first-order valence-electron chi connectivity index (χ1n) is 9.36. The van der Waals surface area contributed by atoms with Crippen molar-refractivity contribution in [2.24, 2.45) is 0 Å². The minimum Gasteiger partial charge on any atom is -0.346 e. The van der Waals surface area contributed by atoms with Crippen molar-refractivity contribution >= 4 is 28.5 Å². The number of H-pyrrole nitrogens is 1. The average Bonchev–Trinajstić information content (AvgIpc) is 3.23. The van der Waals surface area contributed by atoms with Crippen molar-refractivity contribution in [3.63, 3.8) is 0 Å². The number of carbonyl (C=O) groups excluding carboxylic acids is 1. The van der Waals surface area contributed by atoms with Gasteiger partial charge in [0.05, 0.1) is 10.7 Å². The fourth-order valence-corrected chi connectivity index (χ4v) is 3.71. The van der Waals surface area contributed by atoms with Gasteiger partial charge in [0, 0.05) is 41.9 Å². The molecule has 0 fully saturated rings. The Morgan fingerprint density at radius 2 is 2.00 bits per heavy atom. The number of carbonyl (C=O) groups is 1. The maximum absolute atomic E-state index is 13.0. The van der Waals surface area contributed by atoms with E-state index in [9.17, 15) is 9.18 Å². The lowest BCUT2D eigenvalue weighted by molar-refractivity contribution is 0.0884. The normalized spacial score (nSPS) is 11.3. The molecule has 0 aliphatic heterocycles. The molecule has 4 rings (SSSR count). The number of benzene rings is 1. The summed E-state index contributed by atoms with van der Waals surface area (Å²) in [5, 5.41) is 6.02. The van der Waals surface area contributed by atoms with Gasteiger partial charge in [-0.3, -0.25) is 4.79 Å². The SMILES string of the molecule is Cc1nn(C(=O)CCc2ccc(F)cc2)c(C)c1Cc1c[nH]c2ncc(Cl)cc12. The third kappa shape index (κ3) is 3.93. The number of nitrogens with one attached hydrogen (secondary N) is 1. The Morgan fingerprint density at radius 3 is 2.76 bits per heavy atom. The Kier molecular flexibility index (Phi) is 5.20. The molecule has 0 radical (unpaired) electrons. The first kappa shape index (κ1) is 19.3. The zero-order valence-electron chi connectivity index (χ0n) is 16.2. The van der Waals surface area contributed by atoms with E-state index in [1.54, 1.807) is 18.3 Å². The van der Waals surface area contributed by atoms with Gasteiger partial charge in [-0.2, -0.15) is 5.10 Å². The second-order valence-corrected chi connectivity index (χ2v) is 7.56. The predicted molar refractivity (Wildman–Crippen MR) is 111 cm³/mol. The van der Waals surface area contributed by atoms with Crippen LogP contribution in [0.25, 0.3) is 11.0 Å². The maximum Gasteiger partial charge on any atom is 0.247 e. The summed E-state index contributed by atoms with van der Waals surface area (Å²) < 4.78 is 14.5. The lowest BCUT2D eigenvalue weighted by Gasteiger charge is -2.05. The fourth-order valence-electron chi connectivity index (χ4n) is 3.55. The van der Waals surface area contributed by atoms with Gasteiger partial charge >= 0.3 is 0 Å². The van der Waals surface area contributed by atoms with E-state index in [1.807, 2.05) is 26.1 Å². The van der Waals surface area contributed by atoms with Crippen LogP contribution >= 0.6 is 11.6 Å². The summed E-state index contributed by atoms with van der Waals surface area (Å²) in [6.45, 7) is 3.82. The van der Waals surface area contributed by atoms with Crippen LogP contribution in [-0.4, -0.2) is 25.7 Å². The van der Waals surface area contributed by atoms with Gasteiger partial charge in [0.2, 0.25) is 5.91 Å². The van der Waals surface area contributed by atoms with Crippen molar-refractivity contribution in [2.75, 3.05) is 0 Å². The van der Waals surface area contributed by atoms with Crippen molar-refractivity contribution in [1.82, 2.24) is 19.7 Å². The topological polar surface area (TPSA) is 63.6 Å². The molecular weight excluding hydrogens is 391 g/mol. The quantitative estimate of drug-likeness (QED) is 0.501. The number of hydrogen-bond donors (Lipinski definition) is 1. The van der Waals surface area contributed by atoms with E-state index < -0.39 is 0 Å². The van der Waals surface area contributed by atoms with E-state index in [0.717, 1.165) is 39.1 Å². The summed E-state index contributed by atoms with van der Waals surface area (Å²) in [4.78, 5) is 20.2. The molecule has 1 aromatic carbocycles. The molecule has 3 aromatic heterocycles. The van der Waals surface area contributed by atoms with Gasteiger partial charge in [-0.1, -0.05) is 23.7 Å². The van der Waals surface area contributed by atoms with Crippen molar-refractivity contribution in [1.29, 1.82) is 0 Å². The predicted octanol–water partition coefficient (Wildman–Crippen LogP) is 5.03. The summed E-state index contributed by atoms with van der Waals surface area (Å²) in [7, 11) is 0. The Morgan fingerprint density at radius 1 is 1.24 bits per heavy atom. The molecule has 29 heavy (non-hydrogen) atoms. The van der Waals surface area contributed by atoms with E-state index in [2.05, 4.69) is 15.1 Å². The number of rotatable bonds is 5. The van der Waals surface area contributed by atoms with Crippen molar-refractivity contribution in [3.8, 4) is 0 Å². The molecular formula is C22H20ClFN4O. The van der Waals surface area contributed by atoms with Crippen LogP contribution < -0.4 is 0 Å². The molecule has 4 aromatic rings. The minimum absolute atomic E-state index is 0.0789. The molecule has 0 saturated heterocycles. The van der Waals surface area contributed by atoms with Crippen LogP contribution in [0.1, 0.15) is 39.3 Å². The van der Waals surface area contributed by atoms with Crippen LogP contribution in [0.3, 0.4) is 0 Å². The molecule has 3 heterocycles. The number of aromatic amines is 1. The number of aryl methyl sites for hydroxylation is 2. The van der Waals surface area contributed by atoms with Crippen LogP contribution in [0, 0.1) is 19.7 Å². The number of pyridine rings is 1. The van der Waals surface area contributed by atoms with Crippen molar-refractivity contribution in [3.05, 3.63) is 81.6 Å². The number of hydrogen-bond acceptors (Lipinski definition) is 3. The van der Waals surface area contributed by atoms with Crippen LogP contribution in [-0.2, 0) is 12.8 Å². The highest BCUT2D eigenvalue weighted by Crippen LogP contribution is 2.25. The van der Waals surface area contributed by atoms with E-state index >= 15 is 0 Å². The summed E-state index contributed by atoms with van der Waals surface area (Å²) >= 11 is 6.09. The van der Waals surface area contributed by atoms with Crippen molar-refractivity contribution in [2.45, 2.75) is 33.1 Å². The number of nitrogens with zero attached hydrogens (tertiary/aromatic N) is 3. The molecule has 0 atom stereocenters. The Labute approximate surface area is 172 Å². The smallest absolute Gasteiger partial charge is 0.247 e. The molecule has 1 N–H and O–H groups in total. The second-order valence-electron chi connectivity index (χ2n) is 7.12. The van der Waals surface area contributed by atoms with Gasteiger partial charge < -0.3 is 4.98 Å². The molecule has 7 heteroatoms. The summed E-state index contributed by atoms with van der Waals surface area (Å²) in [6.07, 6.45) is 5.00. The van der Waals surface area contributed by atoms with Gasteiger partial charge in [0.15, 0.2) is 0 Å². The zero-order valence-corrected chi connectivity index (χ0v) is 16.9. The summed E-state index contributed by atoms with van der Waals surface area (Å²) in [6, 6.07) is 8.10. The van der Waals surface area contributed by atoms with Crippen LogP contribution in [0.15, 0.2) is 42.7 Å². The van der Waals surface area contributed by atoms with Gasteiger partial charge in [0.1, 0.15) is 11.5 Å². The third-order valence-corrected chi connectivity index (χ3v) is 5.38. The molecule has 0 amide bonds. The van der Waals surface area contributed by atoms with Gasteiger partial charge in [-0.25, -0.2) is 14.1 Å². The molecule has 5 nitrogen and oxygen atoms in total. The number of aromatic nitrogens is 4. The van der Waals surface area contributed by atoms with E-state index in [0.29, 0.717) is 24.3 Å². The van der Waals surface area contributed by atoms with E-state index in [-0.39, 0.29) is 11.7 Å². The third-order valence-electron chi connectivity index (χ3n) is 5.17. The first-order chi connectivity index (χ1) is 13.9. The largest absolute Gasteiger partial charge is 0.346 e. The van der Waals surface area contributed by atoms with Crippen LogP contribution in [0.4, 0.5) is 4.39 Å². The number of halogens is 2. The fraction of sp³-hybridized carbons (Fsp3) is 0.227. The van der Waals surface area contributed by atoms with Crippen LogP contribution in [0.5, 0.6) is 0 Å². The molecule has 0 aliphatic carbocycles. The average molecular weight is 411 g/mol. The lowest BCUT2D eigenvalue weighted by atomic mass is 10.0. The molecule has 0 bridgehead atoms. The zero-order chi connectivity index (χ0) is 20.5. The highest BCUT2D eigenvalue weighted by Gasteiger charge is 2.18. The summed E-state index contributed by atoms with van der Waals surface area (Å²) in [5.41, 5.74) is 5.42. The standard InChI is InChI=1S/C22H20ClFN4O/c1-13-19(9-16-11-25-22-20(16)10-17(23)12-26-22)14(2)28(27-13)21(29)8-5-15-3-6-18(24)7-4-15/h3-4,6-7,10-12H,5,8-9H2,1-2H3,(H,25,26). The van der Waals surface area contributed by atoms with E-state index in [1.165, 1.54) is 16.8 Å². The maximum atomic E-state index is 13.0. The highest BCUT2D eigenvalue weighted by atomic mass is 35.5. The van der Waals surface area contributed by atoms with E-state index in [4.69, 9.17) is 11.6 Å². The lowest BCUT2D eigenvalue weighted by Crippen LogP contribution is -2.15. The van der Waals surface area contributed by atoms with Crippen molar-refractivity contribution < 1.29 is 9.18 Å². The van der Waals surface area contributed by atoms with Gasteiger partial charge in [-0.15, -0.1) is 0 Å². The van der Waals surface area contributed by atoms with Crippen LogP contribution in [0.2, 0.25) is 5.02 Å².